The molecule has 1 aromatic heterocycles. The third-order valence-electron chi connectivity index (χ3n) is 4.47. The molecule has 1 aromatic carbocycles. The van der Waals surface area contributed by atoms with Gasteiger partial charge in [0.15, 0.2) is 15.7 Å². The molecular weight excluding hydrogens is 378 g/mol. The molecule has 2 rings (SSSR count). The number of nitrogens with zero attached hydrogens (tertiary/aromatic N) is 2. The molecule has 2 amide bonds. The first-order valence-electron chi connectivity index (χ1n) is 8.78. The average Bonchev–Trinajstić information content (AvgIpc) is 2.60. The van der Waals surface area contributed by atoms with Gasteiger partial charge in [-0.1, -0.05) is 0 Å². The first-order chi connectivity index (χ1) is 12.8. The van der Waals surface area contributed by atoms with E-state index >= 15 is 0 Å². The van der Waals surface area contributed by atoms with E-state index in [2.05, 4.69) is 20.6 Å². The van der Waals surface area contributed by atoms with Crippen LogP contribution in [0.5, 0.6) is 0 Å². The summed E-state index contributed by atoms with van der Waals surface area (Å²) in [5.41, 5.74) is 7.53. The quantitative estimate of drug-likeness (QED) is 0.718. The van der Waals surface area contributed by atoms with Crippen LogP contribution in [0.4, 0.5) is 16.3 Å². The molecule has 0 fully saturated rings. The molecule has 2 aromatic rings. The number of sulfone groups is 1. The highest BCUT2D eigenvalue weighted by Crippen LogP contribution is 2.37. The molecule has 0 aliphatic rings. The minimum absolute atomic E-state index is 0.185. The van der Waals surface area contributed by atoms with Crippen molar-refractivity contribution in [2.24, 2.45) is 0 Å². The molecule has 0 saturated heterocycles. The van der Waals surface area contributed by atoms with Crippen molar-refractivity contribution in [3.05, 3.63) is 36.0 Å². The van der Waals surface area contributed by atoms with Crippen LogP contribution in [0.2, 0.25) is 0 Å². The lowest BCUT2D eigenvalue weighted by molar-refractivity contribution is 0.254. The van der Waals surface area contributed by atoms with Crippen molar-refractivity contribution in [2.75, 3.05) is 18.1 Å². The Balaban J connectivity index is 2.48. The number of urea groups is 1. The van der Waals surface area contributed by atoms with E-state index in [0.29, 0.717) is 22.8 Å². The number of carbonyl (C=O) groups is 1. The van der Waals surface area contributed by atoms with E-state index in [4.69, 9.17) is 5.73 Å². The van der Waals surface area contributed by atoms with Crippen LogP contribution in [-0.4, -0.2) is 36.2 Å². The number of nitrogens with two attached hydrogens (primary N) is 1. The van der Waals surface area contributed by atoms with E-state index in [-0.39, 0.29) is 11.8 Å². The van der Waals surface area contributed by atoms with Gasteiger partial charge in [0.1, 0.15) is 10.6 Å². The van der Waals surface area contributed by atoms with Gasteiger partial charge in [0.2, 0.25) is 0 Å². The molecule has 4 N–H and O–H groups in total. The lowest BCUT2D eigenvalue weighted by Gasteiger charge is -2.32. The van der Waals surface area contributed by atoms with Gasteiger partial charge < -0.3 is 16.4 Å². The van der Waals surface area contributed by atoms with E-state index in [1.165, 1.54) is 13.1 Å². The summed E-state index contributed by atoms with van der Waals surface area (Å²) in [5.74, 6) is 0.503. The minimum atomic E-state index is -3.57. The maximum Gasteiger partial charge on any atom is 0.318 e. The molecule has 0 saturated carbocycles. The maximum atomic E-state index is 13.1. The molecule has 0 unspecified atom stereocenters. The number of hydrogen-bond donors (Lipinski definition) is 3. The third kappa shape index (κ3) is 4.09. The Bertz CT molecular complexity index is 978. The van der Waals surface area contributed by atoms with E-state index in [1.54, 1.807) is 58.9 Å². The number of amides is 2. The standard InChI is InChI=1S/C19H27N5O3S/c1-18(2,3)28(26,27)19(4,5)14-11-15(20)24-16(23-14)12-7-9-13(10-8-12)22-17(25)21-6/h7-11H,1-6H3,(H2,20,23,24)(H2,21,22,25). The summed E-state index contributed by atoms with van der Waals surface area (Å²) in [5, 5.41) is 5.13. The van der Waals surface area contributed by atoms with Crippen molar-refractivity contribution >= 4 is 27.4 Å². The van der Waals surface area contributed by atoms with Crippen molar-refractivity contribution in [1.29, 1.82) is 0 Å². The zero-order valence-electron chi connectivity index (χ0n) is 17.0. The molecule has 0 radical (unpaired) electrons. The number of benzene rings is 1. The molecule has 9 heteroatoms. The summed E-state index contributed by atoms with van der Waals surface area (Å²) >= 11 is 0. The van der Waals surface area contributed by atoms with E-state index in [9.17, 15) is 13.2 Å². The van der Waals surface area contributed by atoms with E-state index in [1.807, 2.05) is 0 Å². The summed E-state index contributed by atoms with van der Waals surface area (Å²) in [6, 6.07) is 8.03. The SMILES string of the molecule is CNC(=O)Nc1ccc(-c2nc(N)cc(C(C)(C)S(=O)(=O)C(C)(C)C)n2)cc1. The number of nitrogens with one attached hydrogen (secondary N) is 2. The van der Waals surface area contributed by atoms with Gasteiger partial charge in [-0.25, -0.2) is 23.2 Å². The van der Waals surface area contributed by atoms with Crippen LogP contribution in [-0.2, 0) is 14.6 Å². The van der Waals surface area contributed by atoms with Crippen molar-refractivity contribution in [2.45, 2.75) is 44.1 Å². The number of carbonyl (C=O) groups excluding carboxylic acids is 1. The summed E-state index contributed by atoms with van der Waals surface area (Å²) in [4.78, 5) is 20.1. The second-order valence-electron chi connectivity index (χ2n) is 7.91. The fourth-order valence-corrected chi connectivity index (χ4v) is 4.61. The van der Waals surface area contributed by atoms with Gasteiger partial charge in [0, 0.05) is 24.4 Å². The molecule has 0 spiro atoms. The van der Waals surface area contributed by atoms with E-state index in [0.717, 1.165) is 0 Å². The Morgan fingerprint density at radius 1 is 1.04 bits per heavy atom. The highest BCUT2D eigenvalue weighted by molar-refractivity contribution is 7.93. The number of hydrogen-bond acceptors (Lipinski definition) is 6. The molecule has 152 valence electrons. The normalized spacial score (nSPS) is 12.5. The van der Waals surface area contributed by atoms with Crippen molar-refractivity contribution in [3.8, 4) is 11.4 Å². The third-order valence-corrected chi connectivity index (χ3v) is 7.63. The lowest BCUT2D eigenvalue weighted by Crippen LogP contribution is -2.42. The first kappa shape index (κ1) is 21.6. The molecule has 0 bridgehead atoms. The van der Waals surface area contributed by atoms with Gasteiger partial charge in [0.25, 0.3) is 0 Å². The highest BCUT2D eigenvalue weighted by atomic mass is 32.2. The van der Waals surface area contributed by atoms with Crippen molar-refractivity contribution in [3.63, 3.8) is 0 Å². The minimum Gasteiger partial charge on any atom is -0.384 e. The van der Waals surface area contributed by atoms with Crippen LogP contribution in [0, 0.1) is 0 Å². The van der Waals surface area contributed by atoms with Gasteiger partial charge in [0.05, 0.1) is 10.4 Å². The Hall–Kier alpha value is -2.68. The molecule has 0 aliphatic carbocycles. The zero-order valence-corrected chi connectivity index (χ0v) is 17.8. The summed E-state index contributed by atoms with van der Waals surface area (Å²) in [7, 11) is -2.04. The monoisotopic (exact) mass is 405 g/mol. The number of rotatable bonds is 4. The average molecular weight is 406 g/mol. The summed E-state index contributed by atoms with van der Waals surface area (Å²) in [6.45, 7) is 8.22. The Kier molecular flexibility index (Phi) is 5.70. The van der Waals surface area contributed by atoms with Gasteiger partial charge in [-0.05, 0) is 58.9 Å². The van der Waals surface area contributed by atoms with E-state index < -0.39 is 19.3 Å². The lowest BCUT2D eigenvalue weighted by atomic mass is 10.1. The van der Waals surface area contributed by atoms with Crippen LogP contribution in [0.25, 0.3) is 11.4 Å². The molecule has 0 aliphatic heterocycles. The smallest absolute Gasteiger partial charge is 0.318 e. The van der Waals surface area contributed by atoms with Gasteiger partial charge in [-0.3, -0.25) is 0 Å². The second-order valence-corrected chi connectivity index (χ2v) is 11.2. The van der Waals surface area contributed by atoms with Crippen LogP contribution < -0.4 is 16.4 Å². The van der Waals surface area contributed by atoms with Gasteiger partial charge >= 0.3 is 6.03 Å². The summed E-state index contributed by atoms with van der Waals surface area (Å²) < 4.78 is 23.9. The van der Waals surface area contributed by atoms with Crippen LogP contribution in [0.15, 0.2) is 30.3 Å². The molecule has 0 atom stereocenters. The van der Waals surface area contributed by atoms with Crippen LogP contribution in [0.1, 0.15) is 40.3 Å². The molecule has 8 nitrogen and oxygen atoms in total. The fraction of sp³-hybridized carbons (Fsp3) is 0.421. The fourth-order valence-electron chi connectivity index (χ4n) is 2.70. The molecule has 1 heterocycles. The predicted molar refractivity (Wildman–Crippen MR) is 112 cm³/mol. The Morgan fingerprint density at radius 3 is 2.11 bits per heavy atom. The Labute approximate surface area is 165 Å². The number of anilines is 2. The zero-order chi connectivity index (χ0) is 21.3. The number of nitrogen functional groups attached to an aromatic ring is 1. The highest BCUT2D eigenvalue weighted by Gasteiger charge is 2.45. The molecular formula is C19H27N5O3S. The first-order valence-corrected chi connectivity index (χ1v) is 10.3. The van der Waals surface area contributed by atoms with Crippen LogP contribution in [0.3, 0.4) is 0 Å². The summed E-state index contributed by atoms with van der Waals surface area (Å²) in [6.07, 6.45) is 0. The van der Waals surface area contributed by atoms with Gasteiger partial charge in [-0.15, -0.1) is 0 Å². The van der Waals surface area contributed by atoms with Gasteiger partial charge in [-0.2, -0.15) is 0 Å². The molecule has 28 heavy (non-hydrogen) atoms. The predicted octanol–water partition coefficient (Wildman–Crippen LogP) is 2.93. The Morgan fingerprint density at radius 2 is 1.61 bits per heavy atom. The van der Waals surface area contributed by atoms with Crippen molar-refractivity contribution in [1.82, 2.24) is 15.3 Å². The number of aromatic nitrogens is 2. The van der Waals surface area contributed by atoms with Crippen molar-refractivity contribution < 1.29 is 13.2 Å². The second kappa shape index (κ2) is 7.38. The topological polar surface area (TPSA) is 127 Å². The van der Waals surface area contributed by atoms with Crippen LogP contribution >= 0.6 is 0 Å². The largest absolute Gasteiger partial charge is 0.384 e. The maximum absolute atomic E-state index is 13.1.